The third kappa shape index (κ3) is 3.59. The highest BCUT2D eigenvalue weighted by Gasteiger charge is 2.33. The van der Waals surface area contributed by atoms with E-state index in [-0.39, 0.29) is 11.9 Å². The van der Waals surface area contributed by atoms with E-state index in [1.165, 1.54) is 11.9 Å². The van der Waals surface area contributed by atoms with Crippen molar-refractivity contribution in [3.05, 3.63) is 64.3 Å². The molecule has 1 aliphatic rings. The molecule has 2 aromatic carbocycles. The van der Waals surface area contributed by atoms with Crippen LogP contribution in [0.25, 0.3) is 10.9 Å². The SMILES string of the molecule is COc1ccc(C2=NN(C(C)=O)[C@@H](c3cc4ccc(C)cc4nc3Cl)C2)cc1OC. The molecule has 0 fully saturated rings. The first-order valence-corrected chi connectivity index (χ1v) is 9.95. The van der Waals surface area contributed by atoms with Crippen LogP contribution in [-0.4, -0.2) is 35.8 Å². The van der Waals surface area contributed by atoms with Gasteiger partial charge in [-0.25, -0.2) is 9.99 Å². The van der Waals surface area contributed by atoms with Gasteiger partial charge in [0.25, 0.3) is 0 Å². The standard InChI is InChI=1S/C23H22ClN3O3/c1-13-5-6-15-10-17(23(24)25-18(15)9-13)20-12-19(26-27(20)14(2)28)16-7-8-21(29-3)22(11-16)30-4/h5-11,20H,12H2,1-4H3/t20-/m1/s1. The van der Waals surface area contributed by atoms with Crippen LogP contribution in [0.4, 0.5) is 0 Å². The molecule has 0 saturated heterocycles. The van der Waals surface area contributed by atoms with Crippen molar-refractivity contribution in [1.82, 2.24) is 9.99 Å². The molecule has 0 N–H and O–H groups in total. The number of nitrogens with zero attached hydrogens (tertiary/aromatic N) is 3. The predicted octanol–water partition coefficient (Wildman–Crippen LogP) is 4.91. The molecule has 3 aromatic rings. The topological polar surface area (TPSA) is 64.0 Å². The molecule has 6 nitrogen and oxygen atoms in total. The Morgan fingerprint density at radius 3 is 2.57 bits per heavy atom. The van der Waals surface area contributed by atoms with Gasteiger partial charge >= 0.3 is 0 Å². The molecule has 0 aliphatic carbocycles. The van der Waals surface area contributed by atoms with E-state index < -0.39 is 0 Å². The summed E-state index contributed by atoms with van der Waals surface area (Å²) in [6.45, 7) is 3.51. The number of amides is 1. The summed E-state index contributed by atoms with van der Waals surface area (Å²) in [6, 6.07) is 13.3. The number of aryl methyl sites for hydroxylation is 1. The Kier molecular flexibility index (Phi) is 5.35. The number of benzene rings is 2. The maximum Gasteiger partial charge on any atom is 0.240 e. The Morgan fingerprint density at radius 1 is 1.10 bits per heavy atom. The summed E-state index contributed by atoms with van der Waals surface area (Å²) in [6.07, 6.45) is 0.522. The van der Waals surface area contributed by atoms with Crippen molar-refractivity contribution in [2.24, 2.45) is 5.10 Å². The van der Waals surface area contributed by atoms with Gasteiger partial charge in [0, 0.05) is 29.9 Å². The van der Waals surface area contributed by atoms with E-state index in [0.29, 0.717) is 23.1 Å². The minimum atomic E-state index is -0.323. The van der Waals surface area contributed by atoms with Crippen LogP contribution in [0.1, 0.15) is 36.1 Å². The third-order valence-corrected chi connectivity index (χ3v) is 5.57. The number of methoxy groups -OCH3 is 2. The lowest BCUT2D eigenvalue weighted by molar-refractivity contribution is -0.130. The quantitative estimate of drug-likeness (QED) is 0.559. The van der Waals surface area contributed by atoms with Crippen molar-refractivity contribution in [2.45, 2.75) is 26.3 Å². The number of carbonyl (C=O) groups is 1. The third-order valence-electron chi connectivity index (χ3n) is 5.26. The summed E-state index contributed by atoms with van der Waals surface area (Å²) >= 11 is 6.55. The average molecular weight is 424 g/mol. The first kappa shape index (κ1) is 20.2. The zero-order chi connectivity index (χ0) is 21.4. The summed E-state index contributed by atoms with van der Waals surface area (Å²) in [7, 11) is 3.18. The Morgan fingerprint density at radius 2 is 1.87 bits per heavy atom. The molecule has 4 rings (SSSR count). The number of hydrogen-bond donors (Lipinski definition) is 0. The molecular weight excluding hydrogens is 402 g/mol. The Bertz CT molecular complexity index is 1180. The highest BCUT2D eigenvalue weighted by Crippen LogP contribution is 2.38. The van der Waals surface area contributed by atoms with Gasteiger partial charge in [-0.2, -0.15) is 5.10 Å². The van der Waals surface area contributed by atoms with Gasteiger partial charge in [-0.15, -0.1) is 0 Å². The van der Waals surface area contributed by atoms with Crippen LogP contribution >= 0.6 is 11.6 Å². The van der Waals surface area contributed by atoms with Gasteiger partial charge in [0.1, 0.15) is 5.15 Å². The van der Waals surface area contributed by atoms with Crippen LogP contribution in [0.5, 0.6) is 11.5 Å². The fourth-order valence-electron chi connectivity index (χ4n) is 3.74. The first-order valence-electron chi connectivity index (χ1n) is 9.57. The van der Waals surface area contributed by atoms with Crippen LogP contribution in [0.15, 0.2) is 47.6 Å². The van der Waals surface area contributed by atoms with Crippen LogP contribution in [-0.2, 0) is 4.79 Å². The van der Waals surface area contributed by atoms with Gasteiger partial charge in [-0.1, -0.05) is 23.7 Å². The fraction of sp³-hybridized carbons (Fsp3) is 0.261. The second-order valence-corrected chi connectivity index (χ2v) is 7.62. The maximum atomic E-state index is 12.4. The van der Waals surface area contributed by atoms with Crippen molar-refractivity contribution in [2.75, 3.05) is 14.2 Å². The predicted molar refractivity (Wildman–Crippen MR) is 117 cm³/mol. The Balaban J connectivity index is 1.74. The molecule has 1 atom stereocenters. The number of hydrogen-bond acceptors (Lipinski definition) is 5. The largest absolute Gasteiger partial charge is 0.493 e. The zero-order valence-electron chi connectivity index (χ0n) is 17.3. The van der Waals surface area contributed by atoms with Crippen molar-refractivity contribution >= 4 is 34.1 Å². The molecule has 2 heterocycles. The molecule has 0 bridgehead atoms. The van der Waals surface area contributed by atoms with Crippen LogP contribution in [0.2, 0.25) is 5.15 Å². The molecule has 0 radical (unpaired) electrons. The van der Waals surface area contributed by atoms with Crippen molar-refractivity contribution in [1.29, 1.82) is 0 Å². The minimum absolute atomic E-state index is 0.157. The lowest BCUT2D eigenvalue weighted by atomic mass is 9.98. The molecule has 1 aliphatic heterocycles. The maximum absolute atomic E-state index is 12.4. The highest BCUT2D eigenvalue weighted by atomic mass is 35.5. The monoisotopic (exact) mass is 423 g/mol. The number of hydrazone groups is 1. The van der Waals surface area contributed by atoms with E-state index in [9.17, 15) is 4.79 Å². The molecule has 0 spiro atoms. The summed E-state index contributed by atoms with van der Waals surface area (Å²) < 4.78 is 10.7. The highest BCUT2D eigenvalue weighted by molar-refractivity contribution is 6.30. The summed E-state index contributed by atoms with van der Waals surface area (Å²) in [5.41, 5.74) is 4.36. The minimum Gasteiger partial charge on any atom is -0.493 e. The van der Waals surface area contributed by atoms with Gasteiger partial charge in [-0.05, 0) is 42.8 Å². The summed E-state index contributed by atoms with van der Waals surface area (Å²) in [5.74, 6) is 1.09. The molecule has 154 valence electrons. The van der Waals surface area contributed by atoms with E-state index in [1.807, 2.05) is 49.4 Å². The summed E-state index contributed by atoms with van der Waals surface area (Å²) in [5, 5.41) is 7.44. The average Bonchev–Trinajstić information content (AvgIpc) is 3.18. The molecular formula is C23H22ClN3O3. The number of aromatic nitrogens is 1. The smallest absolute Gasteiger partial charge is 0.240 e. The van der Waals surface area contributed by atoms with E-state index in [1.54, 1.807) is 14.2 Å². The van der Waals surface area contributed by atoms with E-state index in [4.69, 9.17) is 21.1 Å². The number of pyridine rings is 1. The number of carbonyl (C=O) groups excluding carboxylic acids is 1. The van der Waals surface area contributed by atoms with Crippen LogP contribution < -0.4 is 9.47 Å². The molecule has 0 saturated carbocycles. The van der Waals surface area contributed by atoms with Crippen LogP contribution in [0, 0.1) is 6.92 Å². The lowest BCUT2D eigenvalue weighted by Gasteiger charge is -2.21. The zero-order valence-corrected chi connectivity index (χ0v) is 18.0. The Hall–Kier alpha value is -3.12. The van der Waals surface area contributed by atoms with Crippen molar-refractivity contribution < 1.29 is 14.3 Å². The first-order chi connectivity index (χ1) is 14.4. The van der Waals surface area contributed by atoms with Gasteiger partial charge < -0.3 is 9.47 Å². The summed E-state index contributed by atoms with van der Waals surface area (Å²) in [4.78, 5) is 16.9. The van der Waals surface area contributed by atoms with Gasteiger partial charge in [0.2, 0.25) is 5.91 Å². The van der Waals surface area contributed by atoms with E-state index in [2.05, 4.69) is 10.1 Å². The number of rotatable bonds is 4. The number of halogens is 1. The normalized spacial score (nSPS) is 16.0. The Labute approximate surface area is 180 Å². The number of ether oxygens (including phenoxy) is 2. The van der Waals surface area contributed by atoms with Crippen molar-refractivity contribution in [3.8, 4) is 11.5 Å². The van der Waals surface area contributed by atoms with E-state index >= 15 is 0 Å². The van der Waals surface area contributed by atoms with Crippen molar-refractivity contribution in [3.63, 3.8) is 0 Å². The van der Waals surface area contributed by atoms with Gasteiger partial charge in [0.15, 0.2) is 11.5 Å². The van der Waals surface area contributed by atoms with Crippen LogP contribution in [0.3, 0.4) is 0 Å². The molecule has 1 aromatic heterocycles. The molecule has 0 unspecified atom stereocenters. The number of fused-ring (bicyclic) bond motifs is 1. The second kappa shape index (κ2) is 7.95. The molecule has 1 amide bonds. The van der Waals surface area contributed by atoms with Gasteiger partial charge in [-0.3, -0.25) is 4.79 Å². The molecule has 7 heteroatoms. The second-order valence-electron chi connectivity index (χ2n) is 7.26. The van der Waals surface area contributed by atoms with E-state index in [0.717, 1.165) is 33.3 Å². The molecule has 30 heavy (non-hydrogen) atoms. The lowest BCUT2D eigenvalue weighted by Crippen LogP contribution is -2.24. The fourth-order valence-corrected chi connectivity index (χ4v) is 4.01. The van der Waals surface area contributed by atoms with Gasteiger partial charge in [0.05, 0.1) is 31.5 Å².